The van der Waals surface area contributed by atoms with Gasteiger partial charge in [0, 0.05) is 0 Å². The highest BCUT2D eigenvalue weighted by atomic mass is 16.2. The van der Waals surface area contributed by atoms with Crippen LogP contribution in [0.2, 0.25) is 0 Å². The number of benzene rings is 1. The van der Waals surface area contributed by atoms with Crippen molar-refractivity contribution in [3.05, 3.63) is 47.3 Å². The summed E-state index contributed by atoms with van der Waals surface area (Å²) in [6.45, 7) is 7.68. The van der Waals surface area contributed by atoms with Crippen molar-refractivity contribution in [1.82, 2.24) is 14.7 Å². The Morgan fingerprint density at radius 2 is 1.86 bits per heavy atom. The summed E-state index contributed by atoms with van der Waals surface area (Å²) in [7, 11) is 2.17. The molecule has 1 aliphatic heterocycles. The molecule has 0 bridgehead atoms. The van der Waals surface area contributed by atoms with E-state index in [1.165, 1.54) is 4.90 Å². The predicted octanol–water partition coefficient (Wildman–Crippen LogP) is 0.460. The monoisotopic (exact) mass is 299 g/mol. The highest BCUT2D eigenvalue weighted by Crippen LogP contribution is 2.18. The standard InChI is InChI=1S/C17H22N4O/c1-13-6-4-5-7-16(13)21-14(2)15(12-18-21)17(22)20-10-8-19(3)9-11-20/h4-7,12H,8-11H2,1-3H3/p+1. The van der Waals surface area contributed by atoms with E-state index in [-0.39, 0.29) is 5.91 Å². The van der Waals surface area contributed by atoms with Crippen molar-refractivity contribution in [3.8, 4) is 5.69 Å². The first-order valence-corrected chi connectivity index (χ1v) is 7.79. The van der Waals surface area contributed by atoms with E-state index in [0.29, 0.717) is 5.56 Å². The molecule has 5 heteroatoms. The van der Waals surface area contributed by atoms with Crippen LogP contribution in [-0.2, 0) is 0 Å². The normalized spacial score (nSPS) is 16.0. The lowest BCUT2D eigenvalue weighted by molar-refractivity contribution is -0.883. The van der Waals surface area contributed by atoms with Crippen LogP contribution in [0, 0.1) is 13.8 Å². The maximum Gasteiger partial charge on any atom is 0.257 e. The van der Waals surface area contributed by atoms with Gasteiger partial charge in [0.05, 0.1) is 56.4 Å². The minimum Gasteiger partial charge on any atom is -0.334 e. The number of piperazine rings is 1. The van der Waals surface area contributed by atoms with Gasteiger partial charge in [0.2, 0.25) is 0 Å². The molecular formula is C17H23N4O+. The zero-order valence-corrected chi connectivity index (χ0v) is 13.5. The molecule has 1 N–H and O–H groups in total. The van der Waals surface area contributed by atoms with Crippen LogP contribution in [0.3, 0.4) is 0 Å². The third-order valence-corrected chi connectivity index (χ3v) is 4.49. The molecule has 1 amide bonds. The van der Waals surface area contributed by atoms with Gasteiger partial charge in [0.1, 0.15) is 0 Å². The van der Waals surface area contributed by atoms with Gasteiger partial charge < -0.3 is 9.80 Å². The van der Waals surface area contributed by atoms with Gasteiger partial charge in [-0.3, -0.25) is 4.79 Å². The van der Waals surface area contributed by atoms with Crippen LogP contribution >= 0.6 is 0 Å². The number of nitrogens with one attached hydrogen (secondary N) is 1. The molecule has 1 aromatic heterocycles. The molecule has 0 aliphatic carbocycles. The second-order valence-corrected chi connectivity index (χ2v) is 6.09. The molecule has 0 saturated carbocycles. The quantitative estimate of drug-likeness (QED) is 0.875. The molecule has 5 nitrogen and oxygen atoms in total. The molecule has 0 spiro atoms. The molecule has 1 aromatic carbocycles. The molecule has 0 radical (unpaired) electrons. The maximum atomic E-state index is 12.7. The number of quaternary nitrogens is 1. The lowest BCUT2D eigenvalue weighted by Gasteiger charge is -2.30. The van der Waals surface area contributed by atoms with Crippen LogP contribution < -0.4 is 4.90 Å². The van der Waals surface area contributed by atoms with Crippen molar-refractivity contribution < 1.29 is 9.69 Å². The van der Waals surface area contributed by atoms with Crippen LogP contribution in [0.15, 0.2) is 30.5 Å². The molecule has 0 unspecified atom stereocenters. The molecule has 0 atom stereocenters. The van der Waals surface area contributed by atoms with E-state index in [0.717, 1.165) is 43.1 Å². The highest BCUT2D eigenvalue weighted by Gasteiger charge is 2.25. The molecule has 22 heavy (non-hydrogen) atoms. The van der Waals surface area contributed by atoms with E-state index < -0.39 is 0 Å². The van der Waals surface area contributed by atoms with Crippen molar-refractivity contribution in [2.45, 2.75) is 13.8 Å². The van der Waals surface area contributed by atoms with Crippen molar-refractivity contribution in [2.24, 2.45) is 0 Å². The Bertz CT molecular complexity index is 684. The number of rotatable bonds is 2. The molecule has 1 aliphatic rings. The lowest BCUT2D eigenvalue weighted by Crippen LogP contribution is -3.12. The number of hydrogen-bond donors (Lipinski definition) is 1. The fourth-order valence-corrected chi connectivity index (χ4v) is 2.93. The van der Waals surface area contributed by atoms with Gasteiger partial charge in [0.25, 0.3) is 5.91 Å². The fraction of sp³-hybridized carbons (Fsp3) is 0.412. The zero-order valence-electron chi connectivity index (χ0n) is 13.5. The Kier molecular flexibility index (Phi) is 3.98. The summed E-state index contributed by atoms with van der Waals surface area (Å²) in [5, 5.41) is 4.44. The van der Waals surface area contributed by atoms with Crippen LogP contribution in [-0.4, -0.2) is 53.8 Å². The second-order valence-electron chi connectivity index (χ2n) is 6.09. The number of amides is 1. The van der Waals surface area contributed by atoms with E-state index in [1.807, 2.05) is 34.7 Å². The number of hydrogen-bond acceptors (Lipinski definition) is 2. The second kappa shape index (κ2) is 5.93. The van der Waals surface area contributed by atoms with E-state index in [9.17, 15) is 4.79 Å². The molecule has 116 valence electrons. The Morgan fingerprint density at radius 1 is 1.18 bits per heavy atom. The van der Waals surface area contributed by atoms with Gasteiger partial charge in [0.15, 0.2) is 0 Å². The van der Waals surface area contributed by atoms with Crippen molar-refractivity contribution >= 4 is 5.91 Å². The first-order valence-electron chi connectivity index (χ1n) is 7.79. The number of aromatic nitrogens is 2. The summed E-state index contributed by atoms with van der Waals surface area (Å²) in [6, 6.07) is 8.09. The van der Waals surface area contributed by atoms with Crippen LogP contribution in [0.4, 0.5) is 0 Å². The number of para-hydroxylation sites is 1. The van der Waals surface area contributed by atoms with E-state index in [4.69, 9.17) is 0 Å². The van der Waals surface area contributed by atoms with Crippen LogP contribution in [0.1, 0.15) is 21.6 Å². The van der Waals surface area contributed by atoms with Gasteiger partial charge in [-0.25, -0.2) is 4.68 Å². The smallest absolute Gasteiger partial charge is 0.257 e. The average molecular weight is 299 g/mol. The molecule has 1 fully saturated rings. The first kappa shape index (κ1) is 14.8. The molecule has 2 heterocycles. The Balaban J connectivity index is 1.88. The predicted molar refractivity (Wildman–Crippen MR) is 85.6 cm³/mol. The Labute approximate surface area is 131 Å². The summed E-state index contributed by atoms with van der Waals surface area (Å²) >= 11 is 0. The van der Waals surface area contributed by atoms with Gasteiger partial charge in [-0.2, -0.15) is 5.10 Å². The summed E-state index contributed by atoms with van der Waals surface area (Å²) < 4.78 is 1.86. The maximum absolute atomic E-state index is 12.7. The Hall–Kier alpha value is -2.14. The van der Waals surface area contributed by atoms with E-state index >= 15 is 0 Å². The van der Waals surface area contributed by atoms with Crippen molar-refractivity contribution in [2.75, 3.05) is 33.2 Å². The van der Waals surface area contributed by atoms with E-state index in [2.05, 4.69) is 25.1 Å². The number of likely N-dealkylation sites (N-methyl/N-ethyl adjacent to an activating group) is 1. The molecule has 3 rings (SSSR count). The topological polar surface area (TPSA) is 42.6 Å². The summed E-state index contributed by atoms with van der Waals surface area (Å²) in [6.07, 6.45) is 1.70. The van der Waals surface area contributed by atoms with Gasteiger partial charge >= 0.3 is 0 Å². The number of aryl methyl sites for hydroxylation is 1. The lowest BCUT2D eigenvalue weighted by atomic mass is 10.2. The van der Waals surface area contributed by atoms with Gasteiger partial charge in [-0.05, 0) is 25.5 Å². The van der Waals surface area contributed by atoms with Crippen molar-refractivity contribution in [3.63, 3.8) is 0 Å². The number of carbonyl (C=O) groups excluding carboxylic acids is 1. The molecular weight excluding hydrogens is 276 g/mol. The number of carbonyl (C=O) groups is 1. The fourth-order valence-electron chi connectivity index (χ4n) is 2.93. The SMILES string of the molecule is Cc1ccccc1-n1ncc(C(=O)N2CC[NH+](C)CC2)c1C. The van der Waals surface area contributed by atoms with Crippen molar-refractivity contribution in [1.29, 1.82) is 0 Å². The zero-order chi connectivity index (χ0) is 15.7. The first-order chi connectivity index (χ1) is 10.6. The Morgan fingerprint density at radius 3 is 2.55 bits per heavy atom. The third kappa shape index (κ3) is 2.64. The third-order valence-electron chi connectivity index (χ3n) is 4.49. The summed E-state index contributed by atoms with van der Waals surface area (Å²) in [5.74, 6) is 0.102. The average Bonchev–Trinajstić information content (AvgIpc) is 2.89. The molecule has 2 aromatic rings. The minimum atomic E-state index is 0.102. The summed E-state index contributed by atoms with van der Waals surface area (Å²) in [4.78, 5) is 16.1. The highest BCUT2D eigenvalue weighted by molar-refractivity contribution is 5.95. The molecule has 1 saturated heterocycles. The van der Waals surface area contributed by atoms with Gasteiger partial charge in [-0.1, -0.05) is 18.2 Å². The van der Waals surface area contributed by atoms with Gasteiger partial charge in [-0.15, -0.1) is 0 Å². The van der Waals surface area contributed by atoms with Crippen LogP contribution in [0.25, 0.3) is 5.69 Å². The summed E-state index contributed by atoms with van der Waals surface area (Å²) in [5.41, 5.74) is 3.80. The van der Waals surface area contributed by atoms with E-state index in [1.54, 1.807) is 6.20 Å². The van der Waals surface area contributed by atoms with Crippen LogP contribution in [0.5, 0.6) is 0 Å². The minimum absolute atomic E-state index is 0.102. The largest absolute Gasteiger partial charge is 0.334 e. The number of nitrogens with zero attached hydrogens (tertiary/aromatic N) is 3.